The van der Waals surface area contributed by atoms with Crippen LogP contribution >= 0.6 is 0 Å². The summed E-state index contributed by atoms with van der Waals surface area (Å²) in [6, 6.07) is 0. The number of hydrogen-bond donors (Lipinski definition) is 0. The Balaban J connectivity index is 2.19. The smallest absolute Gasteiger partial charge is 0.174 e. The number of rotatable bonds is 4. The molecule has 0 saturated heterocycles. The molecule has 2 fully saturated rings. The molecule has 2 rings (SSSR count). The van der Waals surface area contributed by atoms with Crippen molar-refractivity contribution in [3.63, 3.8) is 0 Å². The van der Waals surface area contributed by atoms with Gasteiger partial charge in [0.05, 0.1) is 0 Å². The fraction of sp³-hybridized carbons (Fsp3) is 0.917. The van der Waals surface area contributed by atoms with Gasteiger partial charge in [-0.1, -0.05) is 6.92 Å². The maximum atomic E-state index is 11.6. The van der Waals surface area contributed by atoms with E-state index in [4.69, 9.17) is 9.47 Å². The Morgan fingerprint density at radius 2 is 1.93 bits per heavy atom. The second-order valence-corrected chi connectivity index (χ2v) is 4.76. The Morgan fingerprint density at radius 3 is 2.40 bits per heavy atom. The number of carbonyl (C=O) groups is 1. The van der Waals surface area contributed by atoms with E-state index < -0.39 is 5.79 Å². The summed E-state index contributed by atoms with van der Waals surface area (Å²) in [4.78, 5) is 11.6. The summed E-state index contributed by atoms with van der Waals surface area (Å²) in [5, 5.41) is 0. The van der Waals surface area contributed by atoms with E-state index in [0.29, 0.717) is 25.4 Å². The average molecular weight is 212 g/mol. The van der Waals surface area contributed by atoms with Crippen molar-refractivity contribution >= 4 is 5.78 Å². The van der Waals surface area contributed by atoms with Gasteiger partial charge in [-0.05, 0) is 20.3 Å². The third-order valence-corrected chi connectivity index (χ3v) is 4.15. The SMILES string of the molecule is CCOC1(OCC)C[C@H]2C(=O)CC[C@]21C. The molecule has 0 aliphatic heterocycles. The van der Waals surface area contributed by atoms with Gasteiger partial charge < -0.3 is 9.47 Å². The van der Waals surface area contributed by atoms with Crippen LogP contribution in [-0.4, -0.2) is 24.8 Å². The van der Waals surface area contributed by atoms with Gasteiger partial charge in [0.2, 0.25) is 0 Å². The predicted molar refractivity (Wildman–Crippen MR) is 56.4 cm³/mol. The van der Waals surface area contributed by atoms with E-state index in [2.05, 4.69) is 6.92 Å². The summed E-state index contributed by atoms with van der Waals surface area (Å²) < 4.78 is 11.6. The van der Waals surface area contributed by atoms with Crippen LogP contribution < -0.4 is 0 Å². The van der Waals surface area contributed by atoms with Gasteiger partial charge in [0.25, 0.3) is 0 Å². The molecule has 2 atom stereocenters. The molecule has 0 aromatic rings. The molecule has 2 aliphatic rings. The van der Waals surface area contributed by atoms with Crippen molar-refractivity contribution in [1.29, 1.82) is 0 Å². The molecule has 86 valence electrons. The van der Waals surface area contributed by atoms with Gasteiger partial charge in [-0.15, -0.1) is 0 Å². The standard InChI is InChI=1S/C12H20O3/c1-4-14-12(15-5-2)8-9-10(13)6-7-11(9,12)3/h9H,4-8H2,1-3H3/t9-,11+/m0/s1. The van der Waals surface area contributed by atoms with Crippen LogP contribution in [-0.2, 0) is 14.3 Å². The van der Waals surface area contributed by atoms with Gasteiger partial charge in [0.1, 0.15) is 5.78 Å². The van der Waals surface area contributed by atoms with Crippen LogP contribution in [0.15, 0.2) is 0 Å². The minimum absolute atomic E-state index is 0.0733. The van der Waals surface area contributed by atoms with E-state index >= 15 is 0 Å². The molecule has 3 heteroatoms. The van der Waals surface area contributed by atoms with Gasteiger partial charge in [0.15, 0.2) is 5.79 Å². The summed E-state index contributed by atoms with van der Waals surface area (Å²) in [6.07, 6.45) is 2.36. The number of Topliss-reactive ketones (excluding diaryl/α,β-unsaturated/α-hetero) is 1. The van der Waals surface area contributed by atoms with Crippen LogP contribution in [0.5, 0.6) is 0 Å². The van der Waals surface area contributed by atoms with Crippen LogP contribution in [0.3, 0.4) is 0 Å². The maximum absolute atomic E-state index is 11.6. The molecule has 15 heavy (non-hydrogen) atoms. The van der Waals surface area contributed by atoms with E-state index in [0.717, 1.165) is 12.8 Å². The fourth-order valence-electron chi connectivity index (χ4n) is 3.21. The molecule has 2 saturated carbocycles. The summed E-state index contributed by atoms with van der Waals surface area (Å²) in [5.74, 6) is 0.0935. The lowest BCUT2D eigenvalue weighted by Gasteiger charge is -2.58. The second kappa shape index (κ2) is 3.56. The van der Waals surface area contributed by atoms with Crippen molar-refractivity contribution in [1.82, 2.24) is 0 Å². The first-order valence-electron chi connectivity index (χ1n) is 5.90. The summed E-state index contributed by atoms with van der Waals surface area (Å²) in [7, 11) is 0. The van der Waals surface area contributed by atoms with Crippen LogP contribution in [0.2, 0.25) is 0 Å². The maximum Gasteiger partial charge on any atom is 0.174 e. The van der Waals surface area contributed by atoms with Gasteiger partial charge in [-0.3, -0.25) is 4.79 Å². The number of ether oxygens (including phenoxy) is 2. The first-order valence-corrected chi connectivity index (χ1v) is 5.90. The summed E-state index contributed by atoms with van der Waals surface area (Å²) in [6.45, 7) is 7.40. The van der Waals surface area contributed by atoms with Crippen molar-refractivity contribution in [2.45, 2.75) is 45.8 Å². The molecule has 0 radical (unpaired) electrons. The van der Waals surface area contributed by atoms with Crippen molar-refractivity contribution in [2.24, 2.45) is 11.3 Å². The molecule has 3 nitrogen and oxygen atoms in total. The first kappa shape index (κ1) is 11.1. The Bertz CT molecular complexity index is 268. The molecule has 0 unspecified atom stereocenters. The fourth-order valence-corrected chi connectivity index (χ4v) is 3.21. The lowest BCUT2D eigenvalue weighted by atomic mass is 9.57. The Kier molecular flexibility index (Phi) is 2.63. The molecule has 2 aliphatic carbocycles. The Labute approximate surface area is 91.1 Å². The van der Waals surface area contributed by atoms with E-state index in [1.165, 1.54) is 0 Å². The second-order valence-electron chi connectivity index (χ2n) is 4.76. The first-order chi connectivity index (χ1) is 7.09. The van der Waals surface area contributed by atoms with Crippen LogP contribution in [0.25, 0.3) is 0 Å². The van der Waals surface area contributed by atoms with Gasteiger partial charge >= 0.3 is 0 Å². The molecular formula is C12H20O3. The molecule has 0 amide bonds. The monoisotopic (exact) mass is 212 g/mol. The zero-order chi connectivity index (χ0) is 11.1. The van der Waals surface area contributed by atoms with E-state index in [-0.39, 0.29) is 11.3 Å². The van der Waals surface area contributed by atoms with Gasteiger partial charge in [-0.2, -0.15) is 0 Å². The Morgan fingerprint density at radius 1 is 1.33 bits per heavy atom. The molecule has 0 N–H and O–H groups in total. The number of fused-ring (bicyclic) bond motifs is 1. The highest BCUT2D eigenvalue weighted by atomic mass is 16.7. The minimum Gasteiger partial charge on any atom is -0.350 e. The minimum atomic E-state index is -0.479. The number of carbonyl (C=O) groups excluding carboxylic acids is 1. The molecular weight excluding hydrogens is 192 g/mol. The Hall–Kier alpha value is -0.410. The lowest BCUT2D eigenvalue weighted by Crippen LogP contribution is -2.64. The van der Waals surface area contributed by atoms with Crippen molar-refractivity contribution in [3.8, 4) is 0 Å². The summed E-state index contributed by atoms with van der Waals surface area (Å²) in [5.41, 5.74) is -0.0733. The number of ketones is 1. The zero-order valence-corrected chi connectivity index (χ0v) is 9.84. The van der Waals surface area contributed by atoms with Crippen LogP contribution in [0, 0.1) is 11.3 Å². The van der Waals surface area contributed by atoms with Crippen LogP contribution in [0.4, 0.5) is 0 Å². The van der Waals surface area contributed by atoms with Gasteiger partial charge in [0, 0.05) is 37.4 Å². The molecule has 0 spiro atoms. The summed E-state index contributed by atoms with van der Waals surface area (Å²) >= 11 is 0. The predicted octanol–water partition coefficient (Wildman–Crippen LogP) is 2.14. The third kappa shape index (κ3) is 1.29. The molecule has 0 aromatic carbocycles. The average Bonchev–Trinajstić information content (AvgIpc) is 2.43. The molecule has 0 aromatic heterocycles. The van der Waals surface area contributed by atoms with Crippen molar-refractivity contribution in [2.75, 3.05) is 13.2 Å². The normalized spacial score (nSPS) is 37.5. The molecule has 0 heterocycles. The topological polar surface area (TPSA) is 35.5 Å². The van der Waals surface area contributed by atoms with Crippen molar-refractivity contribution < 1.29 is 14.3 Å². The zero-order valence-electron chi connectivity index (χ0n) is 9.84. The number of hydrogen-bond acceptors (Lipinski definition) is 3. The highest BCUT2D eigenvalue weighted by molar-refractivity contribution is 5.86. The van der Waals surface area contributed by atoms with Crippen molar-refractivity contribution in [3.05, 3.63) is 0 Å². The van der Waals surface area contributed by atoms with E-state index in [1.54, 1.807) is 0 Å². The largest absolute Gasteiger partial charge is 0.350 e. The van der Waals surface area contributed by atoms with Crippen LogP contribution in [0.1, 0.15) is 40.0 Å². The quantitative estimate of drug-likeness (QED) is 0.670. The highest BCUT2D eigenvalue weighted by Gasteiger charge is 2.69. The lowest BCUT2D eigenvalue weighted by molar-refractivity contribution is -0.356. The van der Waals surface area contributed by atoms with E-state index in [9.17, 15) is 4.79 Å². The third-order valence-electron chi connectivity index (χ3n) is 4.15. The highest BCUT2D eigenvalue weighted by Crippen LogP contribution is 2.63. The van der Waals surface area contributed by atoms with E-state index in [1.807, 2.05) is 13.8 Å². The van der Waals surface area contributed by atoms with Gasteiger partial charge in [-0.25, -0.2) is 0 Å². The molecule has 0 bridgehead atoms.